The van der Waals surface area contributed by atoms with Gasteiger partial charge in [-0.25, -0.2) is 9.59 Å². The maximum Gasteiger partial charge on any atom is 0.374 e. The van der Waals surface area contributed by atoms with Crippen molar-refractivity contribution in [3.63, 3.8) is 0 Å². The fourth-order valence-electron chi connectivity index (χ4n) is 1.61. The van der Waals surface area contributed by atoms with Crippen LogP contribution in [0.5, 0.6) is 0 Å². The van der Waals surface area contributed by atoms with Crippen LogP contribution in [0.1, 0.15) is 29.5 Å². The average Bonchev–Trinajstić information content (AvgIpc) is 2.89. The minimum absolute atomic E-state index is 0.154. The maximum atomic E-state index is 11.4. The summed E-state index contributed by atoms with van der Waals surface area (Å²) in [5.74, 6) is -0.824. The molecule has 0 aliphatic heterocycles. The van der Waals surface area contributed by atoms with E-state index in [1.165, 1.54) is 32.1 Å². The Morgan fingerprint density at radius 3 is 2.76 bits per heavy atom. The molecule has 1 aromatic heterocycles. The van der Waals surface area contributed by atoms with Crippen molar-refractivity contribution >= 4 is 29.6 Å². The molecule has 0 spiro atoms. The highest BCUT2D eigenvalue weighted by atomic mass is 32.2. The van der Waals surface area contributed by atoms with Crippen LogP contribution in [-0.2, 0) is 20.1 Å². The van der Waals surface area contributed by atoms with E-state index in [9.17, 15) is 14.4 Å². The number of carboxylic acids is 1. The summed E-state index contributed by atoms with van der Waals surface area (Å²) >= 11 is 1.44. The first-order valence-corrected chi connectivity index (χ1v) is 7.33. The molecule has 1 rings (SSSR count). The minimum Gasteiger partial charge on any atom is -0.480 e. The van der Waals surface area contributed by atoms with Crippen molar-refractivity contribution in [2.24, 2.45) is 0 Å². The Morgan fingerprint density at radius 2 is 2.19 bits per heavy atom. The highest BCUT2D eigenvalue weighted by molar-refractivity contribution is 7.98. The quantitative estimate of drug-likeness (QED) is 0.550. The van der Waals surface area contributed by atoms with E-state index < -0.39 is 18.0 Å². The van der Waals surface area contributed by atoms with Gasteiger partial charge in [0.15, 0.2) is 0 Å². The van der Waals surface area contributed by atoms with E-state index in [2.05, 4.69) is 10.1 Å². The molecule has 1 aromatic rings. The zero-order chi connectivity index (χ0) is 15.8. The Morgan fingerprint density at radius 1 is 1.48 bits per heavy atom. The number of ether oxygens (including phenoxy) is 1. The number of carbonyl (C=O) groups excluding carboxylic acids is 2. The zero-order valence-corrected chi connectivity index (χ0v) is 12.6. The van der Waals surface area contributed by atoms with Crippen molar-refractivity contribution in [2.75, 3.05) is 12.9 Å². The van der Waals surface area contributed by atoms with Crippen molar-refractivity contribution in [1.82, 2.24) is 5.32 Å². The van der Waals surface area contributed by atoms with Crippen molar-refractivity contribution in [3.8, 4) is 0 Å². The van der Waals surface area contributed by atoms with Crippen LogP contribution in [0.25, 0.3) is 0 Å². The van der Waals surface area contributed by atoms with Gasteiger partial charge in [0, 0.05) is 18.2 Å². The van der Waals surface area contributed by atoms with Gasteiger partial charge in [0.25, 0.3) is 0 Å². The third-order valence-corrected chi connectivity index (χ3v) is 3.64. The number of aliphatic carboxylic acids is 1. The molecule has 8 heteroatoms. The second-order valence-electron chi connectivity index (χ2n) is 4.20. The fraction of sp³-hybridized carbons (Fsp3) is 0.462. The van der Waals surface area contributed by atoms with Crippen molar-refractivity contribution in [1.29, 1.82) is 0 Å². The molecule has 0 aliphatic carbocycles. The number of rotatable bonds is 8. The molecule has 1 unspecified atom stereocenters. The van der Waals surface area contributed by atoms with Crippen LogP contribution in [0.2, 0.25) is 0 Å². The van der Waals surface area contributed by atoms with Gasteiger partial charge >= 0.3 is 11.9 Å². The van der Waals surface area contributed by atoms with Crippen molar-refractivity contribution in [3.05, 3.63) is 23.7 Å². The standard InChI is InChI=1S/C13H17NO6S/c1-8(15)14-10(12(16)17)4-6-21-7-9-3-5-20-11(9)13(18)19-2/h3,5,10H,4,6-7H2,1-2H3,(H,14,15)(H,16,17). The van der Waals surface area contributed by atoms with Gasteiger partial charge in [0.2, 0.25) is 11.7 Å². The van der Waals surface area contributed by atoms with Gasteiger partial charge in [-0.3, -0.25) is 4.79 Å². The predicted molar refractivity (Wildman–Crippen MR) is 76.1 cm³/mol. The maximum absolute atomic E-state index is 11.4. The molecule has 0 aliphatic rings. The molecule has 21 heavy (non-hydrogen) atoms. The van der Waals surface area contributed by atoms with Crippen LogP contribution in [-0.4, -0.2) is 41.9 Å². The SMILES string of the molecule is COC(=O)c1occc1CSCCC(NC(C)=O)C(=O)O. The zero-order valence-electron chi connectivity index (χ0n) is 11.8. The molecule has 0 saturated carbocycles. The lowest BCUT2D eigenvalue weighted by molar-refractivity contribution is -0.141. The number of hydrogen-bond acceptors (Lipinski definition) is 6. The Balaban J connectivity index is 2.43. The summed E-state index contributed by atoms with van der Waals surface area (Å²) in [6.07, 6.45) is 1.70. The normalized spacial score (nSPS) is 11.7. The van der Waals surface area contributed by atoms with Gasteiger partial charge < -0.3 is 19.6 Å². The summed E-state index contributed by atoms with van der Waals surface area (Å²) in [7, 11) is 1.27. The average molecular weight is 315 g/mol. The number of carbonyl (C=O) groups is 3. The summed E-state index contributed by atoms with van der Waals surface area (Å²) in [6.45, 7) is 1.27. The highest BCUT2D eigenvalue weighted by Crippen LogP contribution is 2.19. The molecule has 1 heterocycles. The van der Waals surface area contributed by atoms with Crippen LogP contribution in [0.15, 0.2) is 16.7 Å². The molecule has 116 valence electrons. The van der Waals surface area contributed by atoms with Gasteiger partial charge in [-0.1, -0.05) is 0 Å². The van der Waals surface area contributed by atoms with Gasteiger partial charge in [0.1, 0.15) is 6.04 Å². The molecule has 7 nitrogen and oxygen atoms in total. The van der Waals surface area contributed by atoms with Crippen LogP contribution in [0.3, 0.4) is 0 Å². The van der Waals surface area contributed by atoms with E-state index in [1.54, 1.807) is 6.07 Å². The third kappa shape index (κ3) is 5.50. The number of thioether (sulfide) groups is 1. The van der Waals surface area contributed by atoms with E-state index in [-0.39, 0.29) is 11.7 Å². The Hall–Kier alpha value is -1.96. The lowest BCUT2D eigenvalue weighted by atomic mass is 10.2. The number of esters is 1. The van der Waals surface area contributed by atoms with Crippen LogP contribution >= 0.6 is 11.8 Å². The fourth-order valence-corrected chi connectivity index (χ4v) is 2.60. The predicted octanol–water partition coefficient (Wildman–Crippen LogP) is 1.28. The molecule has 0 saturated heterocycles. The summed E-state index contributed by atoms with van der Waals surface area (Å²) in [5.41, 5.74) is 0.693. The van der Waals surface area contributed by atoms with Gasteiger partial charge in [-0.2, -0.15) is 11.8 Å². The monoisotopic (exact) mass is 315 g/mol. The molecule has 0 fully saturated rings. The number of methoxy groups -OCH3 is 1. The van der Waals surface area contributed by atoms with Crippen LogP contribution in [0.4, 0.5) is 0 Å². The Kier molecular flexibility index (Phi) is 6.80. The molecular formula is C13H17NO6S. The Bertz CT molecular complexity index is 513. The van der Waals surface area contributed by atoms with Gasteiger partial charge in [0.05, 0.1) is 13.4 Å². The number of nitrogens with one attached hydrogen (secondary N) is 1. The summed E-state index contributed by atoms with van der Waals surface area (Å²) in [5, 5.41) is 11.3. The van der Waals surface area contributed by atoms with E-state index >= 15 is 0 Å². The third-order valence-electron chi connectivity index (χ3n) is 2.60. The minimum atomic E-state index is -1.07. The van der Waals surface area contributed by atoms with Crippen LogP contribution < -0.4 is 5.32 Å². The van der Waals surface area contributed by atoms with E-state index in [0.717, 1.165) is 0 Å². The molecule has 1 atom stereocenters. The largest absolute Gasteiger partial charge is 0.480 e. The number of carboxylic acid groups (broad SMARTS) is 1. The number of furan rings is 1. The lowest BCUT2D eigenvalue weighted by Gasteiger charge is -2.12. The van der Waals surface area contributed by atoms with E-state index in [4.69, 9.17) is 9.52 Å². The molecular weight excluding hydrogens is 298 g/mol. The van der Waals surface area contributed by atoms with Gasteiger partial charge in [-0.05, 0) is 18.2 Å². The number of hydrogen-bond donors (Lipinski definition) is 2. The van der Waals surface area contributed by atoms with Crippen molar-refractivity contribution < 1.29 is 28.6 Å². The van der Waals surface area contributed by atoms with E-state index in [0.29, 0.717) is 23.5 Å². The second-order valence-corrected chi connectivity index (χ2v) is 5.30. The van der Waals surface area contributed by atoms with Crippen LogP contribution in [0, 0.1) is 0 Å². The number of amides is 1. The second kappa shape index (κ2) is 8.35. The molecule has 0 bridgehead atoms. The molecule has 2 N–H and O–H groups in total. The van der Waals surface area contributed by atoms with E-state index in [1.807, 2.05) is 0 Å². The highest BCUT2D eigenvalue weighted by Gasteiger charge is 2.19. The first kappa shape index (κ1) is 17.1. The lowest BCUT2D eigenvalue weighted by Crippen LogP contribution is -2.39. The first-order chi connectivity index (χ1) is 9.95. The Labute approximate surface area is 126 Å². The molecule has 1 amide bonds. The summed E-state index contributed by atoms with van der Waals surface area (Å²) in [4.78, 5) is 33.2. The summed E-state index contributed by atoms with van der Waals surface area (Å²) in [6, 6.07) is 0.765. The molecule has 0 radical (unpaired) electrons. The first-order valence-electron chi connectivity index (χ1n) is 6.18. The molecule has 0 aromatic carbocycles. The van der Waals surface area contributed by atoms with Gasteiger partial charge in [-0.15, -0.1) is 0 Å². The summed E-state index contributed by atoms with van der Waals surface area (Å²) < 4.78 is 9.64. The smallest absolute Gasteiger partial charge is 0.374 e. The van der Waals surface area contributed by atoms with Crippen molar-refractivity contribution in [2.45, 2.75) is 25.1 Å². The topological polar surface area (TPSA) is 106 Å².